The number of amides is 2. The van der Waals surface area contributed by atoms with Gasteiger partial charge >= 0.3 is 5.97 Å². The largest absolute Gasteiger partial charge is 0.496 e. The number of methoxy groups -OCH3 is 2. The summed E-state index contributed by atoms with van der Waals surface area (Å²) >= 11 is 1.76. The van der Waals surface area contributed by atoms with E-state index >= 15 is 0 Å². The first-order valence-corrected chi connectivity index (χ1v) is 13.9. The quantitative estimate of drug-likeness (QED) is 0.202. The lowest BCUT2D eigenvalue weighted by atomic mass is 9.76. The third-order valence-corrected chi connectivity index (χ3v) is 8.69. The van der Waals surface area contributed by atoms with Crippen molar-refractivity contribution in [2.45, 2.75) is 55.5 Å². The molecule has 0 radical (unpaired) electrons. The van der Waals surface area contributed by atoms with Gasteiger partial charge in [-0.1, -0.05) is 62.6 Å². The van der Waals surface area contributed by atoms with Gasteiger partial charge in [0.25, 0.3) is 0 Å². The monoisotopic (exact) mass is 524 g/mol. The molecule has 8 heteroatoms. The molecule has 0 spiro atoms. The van der Waals surface area contributed by atoms with Crippen LogP contribution in [0.1, 0.15) is 49.8 Å². The van der Waals surface area contributed by atoms with E-state index < -0.39 is 29.4 Å². The summed E-state index contributed by atoms with van der Waals surface area (Å²) in [5, 5.41) is 3.44. The zero-order chi connectivity index (χ0) is 26.6. The van der Waals surface area contributed by atoms with E-state index in [2.05, 4.69) is 12.2 Å². The van der Waals surface area contributed by atoms with E-state index in [1.54, 1.807) is 18.9 Å². The molecule has 7 nitrogen and oxygen atoms in total. The summed E-state index contributed by atoms with van der Waals surface area (Å²) in [7, 11) is 4.44. The van der Waals surface area contributed by atoms with Crippen molar-refractivity contribution in [3.8, 4) is 5.75 Å². The van der Waals surface area contributed by atoms with Crippen LogP contribution in [0.25, 0.3) is 0 Å². The number of likely N-dealkylation sites (tertiary alicyclic amines) is 1. The molecule has 2 amide bonds. The number of esters is 1. The van der Waals surface area contributed by atoms with Crippen molar-refractivity contribution >= 4 is 29.5 Å². The summed E-state index contributed by atoms with van der Waals surface area (Å²) in [6.45, 7) is 2.20. The van der Waals surface area contributed by atoms with Gasteiger partial charge in [0.15, 0.2) is 0 Å². The van der Waals surface area contributed by atoms with E-state index in [-0.39, 0.29) is 18.2 Å². The topological polar surface area (TPSA) is 84.9 Å². The van der Waals surface area contributed by atoms with Gasteiger partial charge in [-0.2, -0.15) is 0 Å². The minimum Gasteiger partial charge on any atom is -0.496 e. The first-order chi connectivity index (χ1) is 17.9. The fourth-order valence-corrected chi connectivity index (χ4v) is 6.68. The Morgan fingerprint density at radius 3 is 2.49 bits per heavy atom. The molecule has 4 rings (SSSR count). The summed E-state index contributed by atoms with van der Waals surface area (Å²) < 4.78 is 11.0. The molecular weight excluding hydrogens is 488 g/mol. The number of carbonyl (C=O) groups excluding carboxylic acids is 3. The summed E-state index contributed by atoms with van der Waals surface area (Å²) in [6.07, 6.45) is 5.01. The van der Waals surface area contributed by atoms with Crippen LogP contribution < -0.4 is 10.1 Å². The third-order valence-electron chi connectivity index (χ3n) is 7.55. The van der Waals surface area contributed by atoms with Crippen LogP contribution >= 0.6 is 11.8 Å². The standard InChI is InChI=1S/C29H36N2O5S/c1-5-6-7-11-16-37-22-15-14-20(17-21(22)35-3)25-23-24(27(33)31(2)26(23)32)29(30-25,28(34)36-4)18-19-12-9-8-10-13-19/h8-10,12-15,17,23-25,30H,5-7,11,16,18H2,1-4H3/t23?,24?,25?,29-/m1/s1. The summed E-state index contributed by atoms with van der Waals surface area (Å²) in [4.78, 5) is 42.3. The number of fused-ring (bicyclic) bond motifs is 1. The van der Waals surface area contributed by atoms with Crippen LogP contribution in [-0.4, -0.2) is 55.2 Å². The van der Waals surface area contributed by atoms with Gasteiger partial charge in [0, 0.05) is 24.4 Å². The average Bonchev–Trinajstić information content (AvgIpc) is 3.38. The molecule has 0 saturated carbocycles. The van der Waals surface area contributed by atoms with Gasteiger partial charge in [-0.25, -0.2) is 0 Å². The van der Waals surface area contributed by atoms with Crippen LogP contribution in [0.5, 0.6) is 5.75 Å². The highest BCUT2D eigenvalue weighted by Gasteiger charge is 2.68. The Labute approximate surface area is 223 Å². The van der Waals surface area contributed by atoms with Gasteiger partial charge in [-0.15, -0.1) is 11.8 Å². The number of hydrogen-bond acceptors (Lipinski definition) is 7. The van der Waals surface area contributed by atoms with Crippen molar-refractivity contribution in [1.82, 2.24) is 10.2 Å². The number of unbranched alkanes of at least 4 members (excludes halogenated alkanes) is 3. The van der Waals surface area contributed by atoms with Gasteiger partial charge in [0.1, 0.15) is 11.3 Å². The molecule has 2 fully saturated rings. The Hall–Kier alpha value is -2.84. The highest BCUT2D eigenvalue weighted by atomic mass is 32.2. The number of rotatable bonds is 11. The third kappa shape index (κ3) is 5.14. The van der Waals surface area contributed by atoms with Crippen molar-refractivity contribution in [3.05, 3.63) is 59.7 Å². The predicted octanol–water partition coefficient (Wildman–Crippen LogP) is 4.40. The van der Waals surface area contributed by atoms with Crippen LogP contribution in [0.3, 0.4) is 0 Å². The molecule has 4 atom stereocenters. The smallest absolute Gasteiger partial charge is 0.327 e. The Balaban J connectivity index is 1.70. The second-order valence-corrected chi connectivity index (χ2v) is 10.9. The normalized spacial score (nSPS) is 24.9. The van der Waals surface area contributed by atoms with Crippen LogP contribution in [0, 0.1) is 11.8 Å². The highest BCUT2D eigenvalue weighted by molar-refractivity contribution is 7.99. The highest BCUT2D eigenvalue weighted by Crippen LogP contribution is 2.50. The number of ether oxygens (including phenoxy) is 2. The maximum atomic E-state index is 13.4. The summed E-state index contributed by atoms with van der Waals surface area (Å²) in [6, 6.07) is 14.9. The first kappa shape index (κ1) is 27.2. The van der Waals surface area contributed by atoms with Gasteiger partial charge in [0.05, 0.1) is 26.1 Å². The molecule has 37 heavy (non-hydrogen) atoms. The van der Waals surface area contributed by atoms with Crippen molar-refractivity contribution < 1.29 is 23.9 Å². The molecule has 2 aromatic carbocycles. The molecule has 2 heterocycles. The summed E-state index contributed by atoms with van der Waals surface area (Å²) in [5.74, 6) is -1.07. The maximum Gasteiger partial charge on any atom is 0.327 e. The van der Waals surface area contributed by atoms with Crippen LogP contribution in [0.2, 0.25) is 0 Å². The molecule has 0 bridgehead atoms. The second kappa shape index (κ2) is 11.7. The predicted molar refractivity (Wildman–Crippen MR) is 143 cm³/mol. The minimum absolute atomic E-state index is 0.230. The Kier molecular flexibility index (Phi) is 8.60. The van der Waals surface area contributed by atoms with E-state index in [9.17, 15) is 14.4 Å². The Bertz CT molecular complexity index is 1140. The lowest BCUT2D eigenvalue weighted by Gasteiger charge is -2.32. The fraction of sp³-hybridized carbons (Fsp3) is 0.483. The van der Waals surface area contributed by atoms with Crippen molar-refractivity contribution in [3.63, 3.8) is 0 Å². The molecule has 198 valence electrons. The number of benzene rings is 2. The number of carbonyl (C=O) groups is 3. The average molecular weight is 525 g/mol. The number of imide groups is 1. The number of thioether (sulfide) groups is 1. The SMILES string of the molecule is CCCCCCSc1ccc(C2N[C@@](Cc3ccccc3)(C(=O)OC)C3C(=O)N(C)C(=O)C23)cc1OC. The van der Waals surface area contributed by atoms with E-state index in [0.717, 1.165) is 38.8 Å². The van der Waals surface area contributed by atoms with E-state index in [1.807, 2.05) is 48.5 Å². The lowest BCUT2D eigenvalue weighted by molar-refractivity contribution is -0.153. The van der Waals surface area contributed by atoms with Gasteiger partial charge in [-0.3, -0.25) is 24.6 Å². The van der Waals surface area contributed by atoms with E-state index in [4.69, 9.17) is 9.47 Å². The van der Waals surface area contributed by atoms with E-state index in [1.165, 1.54) is 33.4 Å². The molecule has 3 unspecified atom stereocenters. The van der Waals surface area contributed by atoms with E-state index in [0.29, 0.717) is 0 Å². The van der Waals surface area contributed by atoms with Gasteiger partial charge in [0.2, 0.25) is 11.8 Å². The molecule has 0 aromatic heterocycles. The molecular formula is C29H36N2O5S. The summed E-state index contributed by atoms with van der Waals surface area (Å²) in [5.41, 5.74) is 0.308. The fourth-order valence-electron chi connectivity index (χ4n) is 5.66. The van der Waals surface area contributed by atoms with Crippen molar-refractivity contribution in [2.75, 3.05) is 27.0 Å². The zero-order valence-electron chi connectivity index (χ0n) is 22.0. The van der Waals surface area contributed by atoms with Crippen LogP contribution in [-0.2, 0) is 25.5 Å². The maximum absolute atomic E-state index is 13.4. The second-order valence-electron chi connectivity index (χ2n) is 9.81. The lowest BCUT2D eigenvalue weighted by Crippen LogP contribution is -2.57. The molecule has 2 saturated heterocycles. The number of nitrogens with zero attached hydrogens (tertiary/aromatic N) is 1. The van der Waals surface area contributed by atoms with Gasteiger partial charge < -0.3 is 9.47 Å². The molecule has 2 aliphatic rings. The molecule has 2 aromatic rings. The minimum atomic E-state index is -1.37. The Morgan fingerprint density at radius 1 is 1.05 bits per heavy atom. The molecule has 1 N–H and O–H groups in total. The van der Waals surface area contributed by atoms with Crippen LogP contribution in [0.4, 0.5) is 0 Å². The first-order valence-electron chi connectivity index (χ1n) is 12.9. The Morgan fingerprint density at radius 2 is 1.81 bits per heavy atom. The van der Waals surface area contributed by atoms with Gasteiger partial charge in [-0.05, 0) is 35.4 Å². The molecule has 0 aliphatic carbocycles. The zero-order valence-corrected chi connectivity index (χ0v) is 22.8. The number of hydrogen-bond donors (Lipinski definition) is 1. The van der Waals surface area contributed by atoms with Crippen molar-refractivity contribution in [2.24, 2.45) is 11.8 Å². The number of nitrogens with one attached hydrogen (secondary N) is 1. The van der Waals surface area contributed by atoms with Crippen molar-refractivity contribution in [1.29, 1.82) is 0 Å². The van der Waals surface area contributed by atoms with Crippen LogP contribution in [0.15, 0.2) is 53.4 Å². The molecule has 2 aliphatic heterocycles.